The van der Waals surface area contributed by atoms with Gasteiger partial charge in [-0.3, -0.25) is 14.7 Å². The summed E-state index contributed by atoms with van der Waals surface area (Å²) in [5, 5.41) is 11.5. The molecule has 0 radical (unpaired) electrons. The van der Waals surface area contributed by atoms with E-state index in [-0.39, 0.29) is 5.91 Å². The van der Waals surface area contributed by atoms with E-state index in [4.69, 9.17) is 0 Å². The van der Waals surface area contributed by atoms with Crippen LogP contribution in [0.25, 0.3) is 0 Å². The molecule has 0 aliphatic carbocycles. The van der Waals surface area contributed by atoms with Gasteiger partial charge < -0.3 is 19.7 Å². The lowest BCUT2D eigenvalue weighted by molar-refractivity contribution is -0.133. The number of hydrogen-bond donors (Lipinski definition) is 1. The lowest BCUT2D eigenvalue weighted by Gasteiger charge is -2.37. The van der Waals surface area contributed by atoms with Crippen molar-refractivity contribution in [2.75, 3.05) is 59.4 Å². The Hall–Kier alpha value is -2.16. The Morgan fingerprint density at radius 3 is 2.54 bits per heavy atom. The highest BCUT2D eigenvalue weighted by atomic mass is 16.2. The molecule has 2 aliphatic heterocycles. The van der Waals surface area contributed by atoms with E-state index in [1.54, 1.807) is 6.33 Å². The molecule has 0 bridgehead atoms. The fourth-order valence-corrected chi connectivity index (χ4v) is 3.91. The van der Waals surface area contributed by atoms with Crippen molar-refractivity contribution in [3.8, 4) is 0 Å². The first-order valence-electron chi connectivity index (χ1n) is 10.5. The molecule has 2 aliphatic rings. The molecule has 1 amide bonds. The number of piperazine rings is 1. The first-order chi connectivity index (χ1) is 13.7. The van der Waals surface area contributed by atoms with Gasteiger partial charge in [-0.1, -0.05) is 6.92 Å². The van der Waals surface area contributed by atoms with E-state index < -0.39 is 0 Å². The van der Waals surface area contributed by atoms with Crippen molar-refractivity contribution in [1.82, 2.24) is 34.8 Å². The van der Waals surface area contributed by atoms with Gasteiger partial charge in [-0.15, -0.1) is 10.2 Å². The summed E-state index contributed by atoms with van der Waals surface area (Å²) in [6.45, 7) is 9.67. The number of nitrogens with one attached hydrogen (secondary N) is 1. The number of aryl methyl sites for hydroxylation is 1. The number of hydrogen-bond acceptors (Lipinski definition) is 5. The van der Waals surface area contributed by atoms with E-state index in [9.17, 15) is 4.79 Å². The summed E-state index contributed by atoms with van der Waals surface area (Å²) in [5.74, 6) is 2.22. The zero-order valence-electron chi connectivity index (χ0n) is 17.3. The molecule has 0 spiro atoms. The third-order valence-electron chi connectivity index (χ3n) is 5.60. The third kappa shape index (κ3) is 5.43. The van der Waals surface area contributed by atoms with Crippen LogP contribution in [0.15, 0.2) is 11.3 Å². The van der Waals surface area contributed by atoms with Crippen molar-refractivity contribution in [1.29, 1.82) is 0 Å². The molecule has 1 aromatic heterocycles. The largest absolute Gasteiger partial charge is 0.354 e. The number of carbonyl (C=O) groups is 1. The predicted octanol–water partition coefficient (Wildman–Crippen LogP) is 0.0460. The van der Waals surface area contributed by atoms with Crippen LogP contribution in [-0.4, -0.2) is 101 Å². The molecular weight excluding hydrogens is 356 g/mol. The van der Waals surface area contributed by atoms with E-state index >= 15 is 0 Å². The molecule has 2 fully saturated rings. The topological polar surface area (TPSA) is 81.9 Å². The molecule has 156 valence electrons. The minimum atomic E-state index is 0.288. The summed E-state index contributed by atoms with van der Waals surface area (Å²) >= 11 is 0. The van der Waals surface area contributed by atoms with Gasteiger partial charge in [-0.25, -0.2) is 0 Å². The second kappa shape index (κ2) is 10.4. The van der Waals surface area contributed by atoms with Crippen LogP contribution in [0, 0.1) is 0 Å². The highest BCUT2D eigenvalue weighted by Gasteiger charge is 2.24. The van der Waals surface area contributed by atoms with E-state index in [1.165, 1.54) is 6.42 Å². The Bertz CT molecular complexity index is 644. The van der Waals surface area contributed by atoms with Crippen molar-refractivity contribution in [2.24, 2.45) is 4.99 Å². The number of likely N-dealkylation sites (tertiary alicyclic amines) is 1. The lowest BCUT2D eigenvalue weighted by Crippen LogP contribution is -2.54. The maximum absolute atomic E-state index is 12.5. The van der Waals surface area contributed by atoms with Crippen molar-refractivity contribution in [3.05, 3.63) is 12.2 Å². The first kappa shape index (κ1) is 20.6. The summed E-state index contributed by atoms with van der Waals surface area (Å²) < 4.78 is 2.07. The number of aliphatic imine (C=N–C) groups is 1. The molecule has 0 unspecified atom stereocenters. The van der Waals surface area contributed by atoms with Gasteiger partial charge in [0.25, 0.3) is 0 Å². The molecule has 3 rings (SSSR count). The Morgan fingerprint density at radius 2 is 1.86 bits per heavy atom. The van der Waals surface area contributed by atoms with Crippen LogP contribution in [0.3, 0.4) is 0 Å². The van der Waals surface area contributed by atoms with Gasteiger partial charge in [0.15, 0.2) is 5.96 Å². The van der Waals surface area contributed by atoms with E-state index in [2.05, 4.69) is 41.8 Å². The zero-order chi connectivity index (χ0) is 19.8. The molecule has 9 nitrogen and oxygen atoms in total. The molecule has 0 atom stereocenters. The molecule has 28 heavy (non-hydrogen) atoms. The monoisotopic (exact) mass is 390 g/mol. The maximum Gasteiger partial charge on any atom is 0.236 e. The van der Waals surface area contributed by atoms with Crippen LogP contribution in [0.4, 0.5) is 0 Å². The number of piperidine rings is 1. The molecule has 3 heterocycles. The SMILES string of the molecule is CCc1nncn1CCNC(=NC)N1CCN(CC(=O)N2CCCCC2)CC1. The third-order valence-corrected chi connectivity index (χ3v) is 5.60. The Balaban J connectivity index is 1.39. The molecule has 9 heteroatoms. The summed E-state index contributed by atoms with van der Waals surface area (Å²) in [7, 11) is 1.82. The number of amides is 1. The van der Waals surface area contributed by atoms with E-state index in [1.807, 2.05) is 11.9 Å². The van der Waals surface area contributed by atoms with E-state index in [0.717, 1.165) is 83.4 Å². The second-order valence-electron chi connectivity index (χ2n) is 7.47. The van der Waals surface area contributed by atoms with Crippen molar-refractivity contribution >= 4 is 11.9 Å². The lowest BCUT2D eigenvalue weighted by atomic mass is 10.1. The summed E-state index contributed by atoms with van der Waals surface area (Å²) in [6, 6.07) is 0. The second-order valence-corrected chi connectivity index (χ2v) is 7.47. The molecule has 1 aromatic rings. The van der Waals surface area contributed by atoms with Gasteiger partial charge in [0.2, 0.25) is 5.91 Å². The summed E-state index contributed by atoms with van der Waals surface area (Å²) in [6.07, 6.45) is 6.22. The van der Waals surface area contributed by atoms with Gasteiger partial charge >= 0.3 is 0 Å². The number of rotatable bonds is 6. The van der Waals surface area contributed by atoms with Crippen LogP contribution < -0.4 is 5.32 Å². The molecule has 0 aromatic carbocycles. The minimum absolute atomic E-state index is 0.288. The minimum Gasteiger partial charge on any atom is -0.354 e. The quantitative estimate of drug-likeness (QED) is 0.546. The Kier molecular flexibility index (Phi) is 7.64. The number of nitrogens with zero attached hydrogens (tertiary/aromatic N) is 7. The number of aromatic nitrogens is 3. The van der Waals surface area contributed by atoms with Crippen LogP contribution in [0.1, 0.15) is 32.0 Å². The van der Waals surface area contributed by atoms with Gasteiger partial charge in [-0.2, -0.15) is 0 Å². The fraction of sp³-hybridized carbons (Fsp3) is 0.789. The fourth-order valence-electron chi connectivity index (χ4n) is 3.91. The van der Waals surface area contributed by atoms with Gasteiger partial charge in [-0.05, 0) is 19.3 Å². The predicted molar refractivity (Wildman–Crippen MR) is 109 cm³/mol. The van der Waals surface area contributed by atoms with Crippen LogP contribution in [0.5, 0.6) is 0 Å². The molecule has 1 N–H and O–H groups in total. The van der Waals surface area contributed by atoms with Crippen molar-refractivity contribution in [2.45, 2.75) is 39.2 Å². The number of guanidine groups is 1. The number of carbonyl (C=O) groups excluding carboxylic acids is 1. The summed E-state index contributed by atoms with van der Waals surface area (Å²) in [4.78, 5) is 23.5. The maximum atomic E-state index is 12.5. The Morgan fingerprint density at radius 1 is 1.11 bits per heavy atom. The smallest absolute Gasteiger partial charge is 0.236 e. The highest BCUT2D eigenvalue weighted by Crippen LogP contribution is 2.10. The van der Waals surface area contributed by atoms with Crippen LogP contribution in [-0.2, 0) is 17.8 Å². The van der Waals surface area contributed by atoms with E-state index in [0.29, 0.717) is 6.54 Å². The van der Waals surface area contributed by atoms with Gasteiger partial charge in [0.1, 0.15) is 12.2 Å². The normalized spacial score (nSPS) is 19.1. The average Bonchev–Trinajstić information content (AvgIpc) is 3.20. The molecule has 2 saturated heterocycles. The van der Waals surface area contributed by atoms with Gasteiger partial charge in [0, 0.05) is 65.8 Å². The zero-order valence-corrected chi connectivity index (χ0v) is 17.3. The van der Waals surface area contributed by atoms with Crippen LogP contribution in [0.2, 0.25) is 0 Å². The first-order valence-corrected chi connectivity index (χ1v) is 10.5. The van der Waals surface area contributed by atoms with Crippen LogP contribution >= 0.6 is 0 Å². The standard InChI is InChI=1S/C19H34N8O/c1-3-17-23-22-16-27(17)10-7-21-19(20-2)26-13-11-24(12-14-26)15-18(28)25-8-5-4-6-9-25/h16H,3-15H2,1-2H3,(H,20,21). The molecule has 0 saturated carbocycles. The Labute approximate surface area is 167 Å². The molecular formula is C19H34N8O. The van der Waals surface area contributed by atoms with Crippen molar-refractivity contribution in [3.63, 3.8) is 0 Å². The van der Waals surface area contributed by atoms with Crippen molar-refractivity contribution < 1.29 is 4.79 Å². The summed E-state index contributed by atoms with van der Waals surface area (Å²) in [5.41, 5.74) is 0. The highest BCUT2D eigenvalue weighted by molar-refractivity contribution is 5.80. The van der Waals surface area contributed by atoms with Gasteiger partial charge in [0.05, 0.1) is 6.54 Å². The average molecular weight is 391 g/mol.